The minimum absolute atomic E-state index is 0.504. The first-order chi connectivity index (χ1) is 9.29. The van der Waals surface area contributed by atoms with E-state index in [0.29, 0.717) is 5.92 Å². The molecule has 1 atom stereocenters. The van der Waals surface area contributed by atoms with Crippen LogP contribution < -0.4 is 5.32 Å². The van der Waals surface area contributed by atoms with E-state index in [4.69, 9.17) is 0 Å². The molecule has 0 bridgehead atoms. The zero-order valence-corrected chi connectivity index (χ0v) is 13.5. The largest absolute Gasteiger partial charge is 0.316 e. The van der Waals surface area contributed by atoms with Crippen molar-refractivity contribution in [1.82, 2.24) is 10.3 Å². The number of nitrogens with zero attached hydrogens (tertiary/aromatic N) is 1. The van der Waals surface area contributed by atoms with Gasteiger partial charge in [-0.05, 0) is 37.1 Å². The van der Waals surface area contributed by atoms with E-state index in [1.807, 2.05) is 11.7 Å². The Morgan fingerprint density at radius 3 is 3.00 bits per heavy atom. The van der Waals surface area contributed by atoms with Crippen LogP contribution in [0.3, 0.4) is 0 Å². The van der Waals surface area contributed by atoms with Crippen molar-refractivity contribution in [1.29, 1.82) is 0 Å². The molecule has 102 valence electrons. The summed E-state index contributed by atoms with van der Waals surface area (Å²) in [4.78, 5) is 5.52. The maximum atomic E-state index is 4.17. The molecule has 0 aliphatic rings. The molecule has 19 heavy (non-hydrogen) atoms. The van der Waals surface area contributed by atoms with Crippen LogP contribution in [-0.4, -0.2) is 18.1 Å². The van der Waals surface area contributed by atoms with Gasteiger partial charge in [0.15, 0.2) is 0 Å². The van der Waals surface area contributed by atoms with Gasteiger partial charge in [-0.3, -0.25) is 4.98 Å². The highest BCUT2D eigenvalue weighted by Gasteiger charge is 2.13. The molecule has 1 heterocycles. The van der Waals surface area contributed by atoms with Crippen LogP contribution in [-0.2, 0) is 6.42 Å². The van der Waals surface area contributed by atoms with Crippen molar-refractivity contribution < 1.29 is 0 Å². The highest BCUT2D eigenvalue weighted by Crippen LogP contribution is 2.24. The maximum absolute atomic E-state index is 4.17. The topological polar surface area (TPSA) is 24.9 Å². The van der Waals surface area contributed by atoms with Crippen molar-refractivity contribution in [2.75, 3.05) is 13.1 Å². The number of rotatable bonds is 7. The summed E-state index contributed by atoms with van der Waals surface area (Å²) in [5, 5.41) is 3.53. The molecule has 1 N–H and O–H groups in total. The first kappa shape index (κ1) is 14.7. The van der Waals surface area contributed by atoms with Crippen LogP contribution in [0.2, 0.25) is 0 Å². The van der Waals surface area contributed by atoms with Crippen molar-refractivity contribution in [3.63, 3.8) is 0 Å². The van der Waals surface area contributed by atoms with Gasteiger partial charge in [-0.15, -0.1) is 11.3 Å². The van der Waals surface area contributed by atoms with Crippen LogP contribution >= 0.6 is 27.3 Å². The lowest BCUT2D eigenvalue weighted by molar-refractivity contribution is 0.579. The van der Waals surface area contributed by atoms with Crippen LogP contribution in [0.15, 0.2) is 40.4 Å². The molecule has 0 fully saturated rings. The summed E-state index contributed by atoms with van der Waals surface area (Å²) < 4.78 is 1.15. The minimum atomic E-state index is 0.504. The van der Waals surface area contributed by atoms with E-state index < -0.39 is 0 Å². The van der Waals surface area contributed by atoms with Gasteiger partial charge in [0.25, 0.3) is 0 Å². The lowest BCUT2D eigenvalue weighted by Gasteiger charge is -2.17. The van der Waals surface area contributed by atoms with Gasteiger partial charge in [0.2, 0.25) is 0 Å². The summed E-state index contributed by atoms with van der Waals surface area (Å²) in [5.74, 6) is 0.504. The van der Waals surface area contributed by atoms with Crippen LogP contribution in [0.25, 0.3) is 0 Å². The van der Waals surface area contributed by atoms with Crippen LogP contribution in [0.4, 0.5) is 0 Å². The van der Waals surface area contributed by atoms with E-state index in [1.54, 1.807) is 11.3 Å². The molecule has 0 aliphatic carbocycles. The number of aromatic nitrogens is 1. The summed E-state index contributed by atoms with van der Waals surface area (Å²) in [6.45, 7) is 4.29. The van der Waals surface area contributed by atoms with Crippen molar-refractivity contribution in [2.45, 2.75) is 25.7 Å². The fourth-order valence-electron chi connectivity index (χ4n) is 2.11. The molecule has 0 aliphatic heterocycles. The molecule has 0 saturated carbocycles. The normalized spacial score (nSPS) is 12.5. The molecule has 2 nitrogen and oxygen atoms in total. The smallest absolute Gasteiger partial charge is 0.0794 e. The van der Waals surface area contributed by atoms with Crippen molar-refractivity contribution in [2.24, 2.45) is 0 Å². The Morgan fingerprint density at radius 2 is 2.32 bits per heavy atom. The Kier molecular flexibility index (Phi) is 6.01. The van der Waals surface area contributed by atoms with Gasteiger partial charge in [-0.1, -0.05) is 35.0 Å². The molecule has 0 spiro atoms. The Labute approximate surface area is 127 Å². The molecular weight excluding hydrogens is 320 g/mol. The summed E-state index contributed by atoms with van der Waals surface area (Å²) in [6.07, 6.45) is 4.21. The predicted octanol–water partition coefficient (Wildman–Crippen LogP) is 4.23. The highest BCUT2D eigenvalue weighted by molar-refractivity contribution is 9.10. The van der Waals surface area contributed by atoms with Gasteiger partial charge >= 0.3 is 0 Å². The summed E-state index contributed by atoms with van der Waals surface area (Å²) >= 11 is 5.30. The molecule has 1 aromatic heterocycles. The minimum Gasteiger partial charge on any atom is -0.316 e. The third-order valence-corrected chi connectivity index (χ3v) is 4.36. The fraction of sp³-hybridized carbons (Fsp3) is 0.400. The third-order valence-electron chi connectivity index (χ3n) is 3.07. The van der Waals surface area contributed by atoms with E-state index in [-0.39, 0.29) is 0 Å². The van der Waals surface area contributed by atoms with Gasteiger partial charge in [0, 0.05) is 28.0 Å². The molecule has 2 rings (SSSR count). The Bertz CT molecular complexity index is 485. The van der Waals surface area contributed by atoms with E-state index in [9.17, 15) is 0 Å². The Balaban J connectivity index is 2.08. The average molecular weight is 339 g/mol. The van der Waals surface area contributed by atoms with E-state index in [2.05, 4.69) is 57.4 Å². The molecule has 0 radical (unpaired) electrons. The van der Waals surface area contributed by atoms with E-state index in [1.165, 1.54) is 16.9 Å². The molecule has 2 aromatic rings. The van der Waals surface area contributed by atoms with Crippen LogP contribution in [0.5, 0.6) is 0 Å². The van der Waals surface area contributed by atoms with Crippen molar-refractivity contribution in [3.8, 4) is 0 Å². The molecule has 0 amide bonds. The second kappa shape index (κ2) is 7.78. The standard InChI is InChI=1S/C15H19BrN2S/c1-2-6-17-9-13(8-15-10-18-11-19-15)12-4-3-5-14(16)7-12/h3-5,7,10-11,13,17H,2,6,8-9H2,1H3. The molecule has 4 heteroatoms. The first-order valence-electron chi connectivity index (χ1n) is 6.63. The molecule has 0 saturated heterocycles. The Hall–Kier alpha value is -0.710. The predicted molar refractivity (Wildman–Crippen MR) is 85.9 cm³/mol. The lowest BCUT2D eigenvalue weighted by Crippen LogP contribution is -2.23. The number of benzene rings is 1. The number of hydrogen-bond donors (Lipinski definition) is 1. The maximum Gasteiger partial charge on any atom is 0.0794 e. The second-order valence-electron chi connectivity index (χ2n) is 4.63. The van der Waals surface area contributed by atoms with Gasteiger partial charge < -0.3 is 5.32 Å². The van der Waals surface area contributed by atoms with Crippen LogP contribution in [0.1, 0.15) is 29.7 Å². The zero-order valence-electron chi connectivity index (χ0n) is 11.1. The van der Waals surface area contributed by atoms with Gasteiger partial charge in [0.05, 0.1) is 5.51 Å². The SMILES string of the molecule is CCCNCC(Cc1cncs1)c1cccc(Br)c1. The lowest BCUT2D eigenvalue weighted by atomic mass is 9.95. The molecule has 1 aromatic carbocycles. The number of nitrogens with one attached hydrogen (secondary N) is 1. The Morgan fingerprint density at radius 1 is 1.42 bits per heavy atom. The van der Waals surface area contributed by atoms with Crippen molar-refractivity contribution in [3.05, 3.63) is 50.9 Å². The van der Waals surface area contributed by atoms with Gasteiger partial charge in [0.1, 0.15) is 0 Å². The van der Waals surface area contributed by atoms with E-state index in [0.717, 1.165) is 24.0 Å². The number of halogens is 1. The number of hydrogen-bond acceptors (Lipinski definition) is 3. The van der Waals surface area contributed by atoms with Gasteiger partial charge in [-0.25, -0.2) is 0 Å². The summed E-state index contributed by atoms with van der Waals surface area (Å²) in [5.41, 5.74) is 3.29. The number of thiazole rings is 1. The second-order valence-corrected chi connectivity index (χ2v) is 6.51. The van der Waals surface area contributed by atoms with Gasteiger partial charge in [-0.2, -0.15) is 0 Å². The van der Waals surface area contributed by atoms with Crippen LogP contribution in [0, 0.1) is 0 Å². The van der Waals surface area contributed by atoms with Crippen molar-refractivity contribution >= 4 is 27.3 Å². The first-order valence-corrected chi connectivity index (χ1v) is 8.30. The fourth-order valence-corrected chi connectivity index (χ4v) is 3.20. The average Bonchev–Trinajstić information content (AvgIpc) is 2.91. The molecule has 1 unspecified atom stereocenters. The monoisotopic (exact) mass is 338 g/mol. The zero-order chi connectivity index (χ0) is 13.5. The summed E-state index contributed by atoms with van der Waals surface area (Å²) in [6, 6.07) is 8.62. The highest BCUT2D eigenvalue weighted by atomic mass is 79.9. The quantitative estimate of drug-likeness (QED) is 0.764. The summed E-state index contributed by atoms with van der Waals surface area (Å²) in [7, 11) is 0. The van der Waals surface area contributed by atoms with E-state index >= 15 is 0 Å². The molecular formula is C15H19BrN2S. The third kappa shape index (κ3) is 4.71.